The summed E-state index contributed by atoms with van der Waals surface area (Å²) in [4.78, 5) is 28.6. The molecule has 0 saturated carbocycles. The van der Waals surface area contributed by atoms with Crippen molar-refractivity contribution in [1.29, 1.82) is 0 Å². The molecular formula is C20H19N3O2. The molecule has 126 valence electrons. The molecule has 0 aliphatic rings. The van der Waals surface area contributed by atoms with Crippen molar-refractivity contribution < 1.29 is 9.59 Å². The lowest BCUT2D eigenvalue weighted by Crippen LogP contribution is -2.20. The van der Waals surface area contributed by atoms with Crippen LogP contribution in [-0.4, -0.2) is 16.8 Å². The zero-order chi connectivity index (χ0) is 18.0. The molecule has 1 aromatic heterocycles. The molecule has 0 fully saturated rings. The van der Waals surface area contributed by atoms with Crippen LogP contribution in [0.4, 0.5) is 5.69 Å². The third kappa shape index (κ3) is 3.35. The molecule has 0 spiro atoms. The topological polar surface area (TPSA) is 85.1 Å². The Balaban J connectivity index is 1.89. The number of amides is 2. The summed E-state index contributed by atoms with van der Waals surface area (Å²) >= 11 is 0. The van der Waals surface area contributed by atoms with Gasteiger partial charge < -0.3 is 11.1 Å². The Morgan fingerprint density at radius 3 is 2.48 bits per heavy atom. The fourth-order valence-electron chi connectivity index (χ4n) is 2.99. The van der Waals surface area contributed by atoms with Crippen molar-refractivity contribution in [2.24, 2.45) is 5.73 Å². The molecule has 5 heteroatoms. The number of carbonyl (C=O) groups excluding carboxylic acids is 2. The van der Waals surface area contributed by atoms with Gasteiger partial charge in [-0.15, -0.1) is 0 Å². The molecule has 0 bridgehead atoms. The number of carbonyl (C=O) groups is 2. The first-order valence-corrected chi connectivity index (χ1v) is 8.01. The minimum atomic E-state index is -0.573. The number of aryl methyl sites for hydroxylation is 2. The predicted molar refractivity (Wildman–Crippen MR) is 98.5 cm³/mol. The van der Waals surface area contributed by atoms with E-state index in [9.17, 15) is 9.59 Å². The summed E-state index contributed by atoms with van der Waals surface area (Å²) in [6, 6.07) is 14.6. The lowest BCUT2D eigenvalue weighted by atomic mass is 9.99. The van der Waals surface area contributed by atoms with E-state index < -0.39 is 5.91 Å². The molecule has 3 rings (SSSR count). The summed E-state index contributed by atoms with van der Waals surface area (Å²) in [5, 5.41) is 3.81. The maximum atomic E-state index is 12.5. The van der Waals surface area contributed by atoms with Gasteiger partial charge >= 0.3 is 0 Å². The lowest BCUT2D eigenvalue weighted by molar-refractivity contribution is -0.115. The fourth-order valence-corrected chi connectivity index (χ4v) is 2.99. The Labute approximate surface area is 145 Å². The van der Waals surface area contributed by atoms with Crippen LogP contribution in [0.1, 0.15) is 27.2 Å². The second-order valence-electron chi connectivity index (χ2n) is 5.95. The highest BCUT2D eigenvalue weighted by atomic mass is 16.2. The predicted octanol–water partition coefficient (Wildman–Crippen LogP) is 3.13. The van der Waals surface area contributed by atoms with Crippen LogP contribution < -0.4 is 11.1 Å². The Kier molecular flexibility index (Phi) is 4.48. The third-order valence-corrected chi connectivity index (χ3v) is 4.29. The molecule has 0 saturated heterocycles. The molecule has 0 aliphatic heterocycles. The first-order chi connectivity index (χ1) is 12.0. The van der Waals surface area contributed by atoms with Gasteiger partial charge in [-0.25, -0.2) is 0 Å². The van der Waals surface area contributed by atoms with E-state index >= 15 is 0 Å². The number of rotatable bonds is 4. The molecule has 2 aromatic carbocycles. The standard InChI is InChI=1S/C20H19N3O2/c1-12-14-7-3-5-9-17(14)22-13(2)16(12)11-19(24)23-18-10-6-4-8-15(18)20(21)25/h3-10H,11H2,1-2H3,(H2,21,25)(H,23,24). The monoisotopic (exact) mass is 333 g/mol. The highest BCUT2D eigenvalue weighted by Crippen LogP contribution is 2.23. The van der Waals surface area contributed by atoms with E-state index in [2.05, 4.69) is 10.3 Å². The van der Waals surface area contributed by atoms with Crippen LogP contribution in [0.25, 0.3) is 10.9 Å². The van der Waals surface area contributed by atoms with Gasteiger partial charge in [0.15, 0.2) is 0 Å². The van der Waals surface area contributed by atoms with Gasteiger partial charge in [-0.3, -0.25) is 14.6 Å². The Morgan fingerprint density at radius 2 is 1.72 bits per heavy atom. The molecule has 1 heterocycles. The van der Waals surface area contributed by atoms with Crippen LogP contribution in [-0.2, 0) is 11.2 Å². The van der Waals surface area contributed by atoms with E-state index in [4.69, 9.17) is 5.73 Å². The summed E-state index contributed by atoms with van der Waals surface area (Å²) in [7, 11) is 0. The quantitative estimate of drug-likeness (QED) is 0.769. The first kappa shape index (κ1) is 16.6. The van der Waals surface area contributed by atoms with Crippen molar-refractivity contribution in [2.75, 3.05) is 5.32 Å². The highest BCUT2D eigenvalue weighted by molar-refractivity contribution is 6.03. The molecule has 5 nitrogen and oxygen atoms in total. The second-order valence-corrected chi connectivity index (χ2v) is 5.95. The minimum Gasteiger partial charge on any atom is -0.366 e. The number of primary amides is 1. The average Bonchev–Trinajstić information content (AvgIpc) is 2.59. The Morgan fingerprint density at radius 1 is 1.04 bits per heavy atom. The van der Waals surface area contributed by atoms with E-state index in [-0.39, 0.29) is 12.3 Å². The molecule has 0 radical (unpaired) electrons. The van der Waals surface area contributed by atoms with Crippen LogP contribution >= 0.6 is 0 Å². The zero-order valence-corrected chi connectivity index (χ0v) is 14.2. The van der Waals surface area contributed by atoms with Gasteiger partial charge in [0.05, 0.1) is 23.2 Å². The maximum absolute atomic E-state index is 12.5. The van der Waals surface area contributed by atoms with Crippen LogP contribution in [0.15, 0.2) is 48.5 Å². The van der Waals surface area contributed by atoms with Gasteiger partial charge in [-0.05, 0) is 43.2 Å². The van der Waals surface area contributed by atoms with E-state index in [1.54, 1.807) is 24.3 Å². The third-order valence-electron chi connectivity index (χ3n) is 4.29. The minimum absolute atomic E-state index is 0.183. The van der Waals surface area contributed by atoms with Gasteiger partial charge in [-0.1, -0.05) is 30.3 Å². The van der Waals surface area contributed by atoms with Gasteiger partial charge in [0.1, 0.15) is 0 Å². The number of anilines is 1. The summed E-state index contributed by atoms with van der Waals surface area (Å²) in [6.07, 6.45) is 0.183. The summed E-state index contributed by atoms with van der Waals surface area (Å²) in [5.74, 6) is -0.785. The summed E-state index contributed by atoms with van der Waals surface area (Å²) in [5.41, 5.74) is 9.75. The molecule has 2 amide bonds. The van der Waals surface area contributed by atoms with Crippen molar-refractivity contribution in [1.82, 2.24) is 4.98 Å². The number of hydrogen-bond donors (Lipinski definition) is 2. The second kappa shape index (κ2) is 6.73. The van der Waals surface area contributed by atoms with E-state index in [1.165, 1.54) is 0 Å². The van der Waals surface area contributed by atoms with Crippen molar-refractivity contribution in [3.63, 3.8) is 0 Å². The van der Waals surface area contributed by atoms with Crippen molar-refractivity contribution in [2.45, 2.75) is 20.3 Å². The number of pyridine rings is 1. The lowest BCUT2D eigenvalue weighted by Gasteiger charge is -2.13. The van der Waals surface area contributed by atoms with Gasteiger partial charge in [0.25, 0.3) is 5.91 Å². The van der Waals surface area contributed by atoms with Crippen LogP contribution in [0.3, 0.4) is 0 Å². The maximum Gasteiger partial charge on any atom is 0.250 e. The number of para-hydroxylation sites is 2. The number of hydrogen-bond acceptors (Lipinski definition) is 3. The fraction of sp³-hybridized carbons (Fsp3) is 0.150. The molecule has 0 aliphatic carbocycles. The van der Waals surface area contributed by atoms with E-state index in [1.807, 2.05) is 38.1 Å². The van der Waals surface area contributed by atoms with Crippen molar-refractivity contribution in [3.05, 3.63) is 70.9 Å². The van der Waals surface area contributed by atoms with Gasteiger partial charge in [0.2, 0.25) is 5.91 Å². The van der Waals surface area contributed by atoms with Crippen molar-refractivity contribution in [3.8, 4) is 0 Å². The molecule has 0 atom stereocenters. The number of nitrogens with zero attached hydrogens (tertiary/aromatic N) is 1. The van der Waals surface area contributed by atoms with E-state index in [0.717, 1.165) is 27.7 Å². The first-order valence-electron chi connectivity index (χ1n) is 8.01. The largest absolute Gasteiger partial charge is 0.366 e. The summed E-state index contributed by atoms with van der Waals surface area (Å²) in [6.45, 7) is 3.90. The Hall–Kier alpha value is -3.21. The molecule has 0 unspecified atom stereocenters. The summed E-state index contributed by atoms with van der Waals surface area (Å²) < 4.78 is 0. The molecular weight excluding hydrogens is 314 g/mol. The normalized spacial score (nSPS) is 10.6. The SMILES string of the molecule is Cc1nc2ccccc2c(C)c1CC(=O)Nc1ccccc1C(N)=O. The van der Waals surface area contributed by atoms with Crippen molar-refractivity contribution >= 4 is 28.4 Å². The highest BCUT2D eigenvalue weighted by Gasteiger charge is 2.15. The number of fused-ring (bicyclic) bond motifs is 1. The zero-order valence-electron chi connectivity index (χ0n) is 14.2. The Bertz CT molecular complexity index is 980. The van der Waals surface area contributed by atoms with E-state index in [0.29, 0.717) is 11.3 Å². The van der Waals surface area contributed by atoms with Crippen LogP contribution in [0, 0.1) is 13.8 Å². The van der Waals surface area contributed by atoms with Crippen LogP contribution in [0.5, 0.6) is 0 Å². The van der Waals surface area contributed by atoms with Crippen LogP contribution in [0.2, 0.25) is 0 Å². The molecule has 3 N–H and O–H groups in total. The molecule has 3 aromatic rings. The van der Waals surface area contributed by atoms with Gasteiger partial charge in [0, 0.05) is 11.1 Å². The number of aromatic nitrogens is 1. The number of nitrogens with two attached hydrogens (primary N) is 1. The number of benzene rings is 2. The van der Waals surface area contributed by atoms with Gasteiger partial charge in [-0.2, -0.15) is 0 Å². The average molecular weight is 333 g/mol. The smallest absolute Gasteiger partial charge is 0.250 e. The molecule has 25 heavy (non-hydrogen) atoms. The number of nitrogens with one attached hydrogen (secondary N) is 1.